The highest BCUT2D eigenvalue weighted by Crippen LogP contribution is 2.29. The van der Waals surface area contributed by atoms with Crippen molar-refractivity contribution in [1.29, 1.82) is 0 Å². The summed E-state index contributed by atoms with van der Waals surface area (Å²) in [6, 6.07) is 0.302. The Bertz CT molecular complexity index is 557. The van der Waals surface area contributed by atoms with E-state index >= 15 is 0 Å². The van der Waals surface area contributed by atoms with Gasteiger partial charge in [-0.1, -0.05) is 6.92 Å². The maximum Gasteiger partial charge on any atom is 0.157 e. The second-order valence-electron chi connectivity index (χ2n) is 5.10. The largest absolute Gasteiger partial charge is 0.310 e. The Morgan fingerprint density at radius 3 is 2.89 bits per heavy atom. The molecule has 1 aliphatic rings. The molecule has 0 aliphatic heterocycles. The lowest BCUT2D eigenvalue weighted by Gasteiger charge is -2.25. The third-order valence-electron chi connectivity index (χ3n) is 3.66. The number of hydrogen-bond acceptors (Lipinski definition) is 5. The number of fused-ring (bicyclic) bond motifs is 1. The van der Waals surface area contributed by atoms with Gasteiger partial charge in [-0.25, -0.2) is 18.4 Å². The van der Waals surface area contributed by atoms with Crippen LogP contribution >= 0.6 is 0 Å². The van der Waals surface area contributed by atoms with Crippen LogP contribution in [0.15, 0.2) is 6.20 Å². The average Bonchev–Trinajstić information content (AvgIpc) is 2.37. The molecule has 2 unspecified atom stereocenters. The van der Waals surface area contributed by atoms with Crippen molar-refractivity contribution < 1.29 is 8.42 Å². The van der Waals surface area contributed by atoms with E-state index < -0.39 is 15.1 Å². The van der Waals surface area contributed by atoms with Crippen molar-refractivity contribution >= 4 is 9.84 Å². The Labute approximate surface area is 114 Å². The summed E-state index contributed by atoms with van der Waals surface area (Å²) in [4.78, 5) is 8.74. The molecule has 2 rings (SSSR count). The molecule has 106 valence electrons. The first-order chi connectivity index (χ1) is 8.93. The molecule has 1 aromatic rings. The first-order valence-corrected chi connectivity index (χ1v) is 8.67. The first kappa shape index (κ1) is 14.4. The fourth-order valence-corrected chi connectivity index (χ4v) is 2.90. The SMILES string of the molecule is CCNC1CCCc2nc(C(C)S(C)(=O)=O)ncc21. The van der Waals surface area contributed by atoms with Crippen molar-refractivity contribution in [3.05, 3.63) is 23.3 Å². The Hall–Kier alpha value is -1.01. The number of nitrogens with zero attached hydrogens (tertiary/aromatic N) is 2. The van der Waals surface area contributed by atoms with Gasteiger partial charge in [0.2, 0.25) is 0 Å². The molecule has 0 amide bonds. The van der Waals surface area contributed by atoms with Gasteiger partial charge in [-0.15, -0.1) is 0 Å². The summed E-state index contributed by atoms with van der Waals surface area (Å²) in [7, 11) is -3.15. The normalized spacial score (nSPS) is 20.9. The molecule has 19 heavy (non-hydrogen) atoms. The molecule has 0 spiro atoms. The molecule has 5 nitrogen and oxygen atoms in total. The molecule has 0 bridgehead atoms. The number of hydrogen-bond donors (Lipinski definition) is 1. The van der Waals surface area contributed by atoms with Gasteiger partial charge in [-0.2, -0.15) is 0 Å². The fraction of sp³-hybridized carbons (Fsp3) is 0.692. The Morgan fingerprint density at radius 2 is 2.26 bits per heavy atom. The zero-order chi connectivity index (χ0) is 14.0. The molecule has 1 N–H and O–H groups in total. The maximum absolute atomic E-state index is 11.6. The molecular weight excluding hydrogens is 262 g/mol. The van der Waals surface area contributed by atoms with Gasteiger partial charge in [0.05, 0.1) is 0 Å². The highest BCUT2D eigenvalue weighted by Gasteiger charge is 2.25. The predicted molar refractivity (Wildman–Crippen MR) is 74.6 cm³/mol. The summed E-state index contributed by atoms with van der Waals surface area (Å²) in [6.07, 6.45) is 6.09. The van der Waals surface area contributed by atoms with Crippen LogP contribution in [0.5, 0.6) is 0 Å². The zero-order valence-corrected chi connectivity index (χ0v) is 12.5. The highest BCUT2D eigenvalue weighted by molar-refractivity contribution is 7.90. The van der Waals surface area contributed by atoms with Crippen LogP contribution in [-0.2, 0) is 16.3 Å². The molecule has 0 radical (unpaired) electrons. The Balaban J connectivity index is 2.34. The number of nitrogens with one attached hydrogen (secondary N) is 1. The van der Waals surface area contributed by atoms with E-state index in [1.54, 1.807) is 13.1 Å². The van der Waals surface area contributed by atoms with Crippen molar-refractivity contribution in [3.8, 4) is 0 Å². The van der Waals surface area contributed by atoms with Crippen LogP contribution in [-0.4, -0.2) is 31.2 Å². The zero-order valence-electron chi connectivity index (χ0n) is 11.7. The van der Waals surface area contributed by atoms with E-state index in [9.17, 15) is 8.42 Å². The minimum absolute atomic E-state index is 0.302. The van der Waals surface area contributed by atoms with Gasteiger partial charge in [-0.05, 0) is 32.7 Å². The third kappa shape index (κ3) is 3.12. The molecule has 1 heterocycles. The standard InChI is InChI=1S/C13H21N3O2S/c1-4-14-11-6-5-7-12-10(11)8-15-13(16-12)9(2)19(3,17)18/h8-9,11,14H,4-7H2,1-3H3. The van der Waals surface area contributed by atoms with Crippen LogP contribution in [0.4, 0.5) is 0 Å². The molecule has 0 fully saturated rings. The molecule has 0 saturated heterocycles. The quantitative estimate of drug-likeness (QED) is 0.908. The highest BCUT2D eigenvalue weighted by atomic mass is 32.2. The number of aryl methyl sites for hydroxylation is 1. The van der Waals surface area contributed by atoms with Crippen LogP contribution in [0.2, 0.25) is 0 Å². The number of rotatable bonds is 4. The van der Waals surface area contributed by atoms with E-state index in [-0.39, 0.29) is 0 Å². The summed E-state index contributed by atoms with van der Waals surface area (Å²) in [5, 5.41) is 2.78. The van der Waals surface area contributed by atoms with Crippen LogP contribution in [0, 0.1) is 0 Å². The van der Waals surface area contributed by atoms with E-state index in [0.29, 0.717) is 11.9 Å². The van der Waals surface area contributed by atoms with Crippen molar-refractivity contribution in [2.75, 3.05) is 12.8 Å². The molecule has 1 aromatic heterocycles. The molecule has 2 atom stereocenters. The van der Waals surface area contributed by atoms with Crippen molar-refractivity contribution in [2.24, 2.45) is 0 Å². The van der Waals surface area contributed by atoms with Gasteiger partial charge >= 0.3 is 0 Å². The predicted octanol–water partition coefficient (Wildman–Crippen LogP) is 1.57. The van der Waals surface area contributed by atoms with E-state index in [1.165, 1.54) is 6.26 Å². The van der Waals surface area contributed by atoms with Crippen molar-refractivity contribution in [1.82, 2.24) is 15.3 Å². The Morgan fingerprint density at radius 1 is 1.53 bits per heavy atom. The minimum Gasteiger partial charge on any atom is -0.310 e. The summed E-state index contributed by atoms with van der Waals surface area (Å²) in [5.41, 5.74) is 2.12. The summed E-state index contributed by atoms with van der Waals surface area (Å²) >= 11 is 0. The van der Waals surface area contributed by atoms with Gasteiger partial charge in [0.25, 0.3) is 0 Å². The third-order valence-corrected chi connectivity index (χ3v) is 5.15. The van der Waals surface area contributed by atoms with Gasteiger partial charge in [0.15, 0.2) is 9.84 Å². The van der Waals surface area contributed by atoms with Crippen LogP contribution in [0.25, 0.3) is 0 Å². The van der Waals surface area contributed by atoms with Gasteiger partial charge in [-0.3, -0.25) is 0 Å². The summed E-state index contributed by atoms with van der Waals surface area (Å²) in [5.74, 6) is 0.415. The van der Waals surface area contributed by atoms with Gasteiger partial charge in [0, 0.05) is 29.8 Å². The van der Waals surface area contributed by atoms with Gasteiger partial charge in [0.1, 0.15) is 11.1 Å². The Kier molecular flexibility index (Phi) is 4.20. The maximum atomic E-state index is 11.6. The summed E-state index contributed by atoms with van der Waals surface area (Å²) in [6.45, 7) is 4.63. The number of aromatic nitrogens is 2. The molecule has 0 aromatic carbocycles. The van der Waals surface area contributed by atoms with E-state index in [4.69, 9.17) is 0 Å². The van der Waals surface area contributed by atoms with Crippen LogP contribution < -0.4 is 5.32 Å². The van der Waals surface area contributed by atoms with Crippen LogP contribution in [0.3, 0.4) is 0 Å². The topological polar surface area (TPSA) is 72.0 Å². The molecule has 6 heteroatoms. The van der Waals surface area contributed by atoms with Crippen molar-refractivity contribution in [3.63, 3.8) is 0 Å². The lowest BCUT2D eigenvalue weighted by atomic mass is 9.92. The fourth-order valence-electron chi connectivity index (χ4n) is 2.41. The lowest BCUT2D eigenvalue weighted by Crippen LogP contribution is -2.26. The smallest absolute Gasteiger partial charge is 0.157 e. The summed E-state index contributed by atoms with van der Waals surface area (Å²) < 4.78 is 23.1. The average molecular weight is 283 g/mol. The second kappa shape index (κ2) is 5.54. The number of sulfone groups is 1. The van der Waals surface area contributed by atoms with Crippen LogP contribution in [0.1, 0.15) is 55.1 Å². The van der Waals surface area contributed by atoms with E-state index in [2.05, 4.69) is 22.2 Å². The van der Waals surface area contributed by atoms with E-state index in [1.807, 2.05) is 0 Å². The lowest BCUT2D eigenvalue weighted by molar-refractivity contribution is 0.462. The second-order valence-corrected chi connectivity index (χ2v) is 7.47. The first-order valence-electron chi connectivity index (χ1n) is 6.71. The van der Waals surface area contributed by atoms with E-state index in [0.717, 1.165) is 37.1 Å². The molecular formula is C13H21N3O2S. The molecule has 0 saturated carbocycles. The van der Waals surface area contributed by atoms with Gasteiger partial charge < -0.3 is 5.32 Å². The minimum atomic E-state index is -3.15. The monoisotopic (exact) mass is 283 g/mol. The van der Waals surface area contributed by atoms with Crippen molar-refractivity contribution in [2.45, 2.75) is 44.4 Å². The molecule has 1 aliphatic carbocycles.